The van der Waals surface area contributed by atoms with Crippen LogP contribution in [0.25, 0.3) is 0 Å². The molecule has 14 heteroatoms. The highest BCUT2D eigenvalue weighted by atomic mass is 32.2. The van der Waals surface area contributed by atoms with Crippen LogP contribution in [0.1, 0.15) is 41.6 Å². The van der Waals surface area contributed by atoms with Gasteiger partial charge >= 0.3 is 0 Å². The number of hydrogen-bond donors (Lipinski definition) is 2. The summed E-state index contributed by atoms with van der Waals surface area (Å²) in [5, 5.41) is 7.87. The Balaban J connectivity index is 1.45. The molecule has 1 amide bonds. The van der Waals surface area contributed by atoms with Gasteiger partial charge in [-0.1, -0.05) is 6.07 Å². The van der Waals surface area contributed by atoms with Crippen LogP contribution in [0.3, 0.4) is 0 Å². The van der Waals surface area contributed by atoms with E-state index in [9.17, 15) is 34.4 Å². The minimum atomic E-state index is -4.18. The molecule has 3 aliphatic rings. The van der Waals surface area contributed by atoms with Gasteiger partial charge in [0.2, 0.25) is 10.0 Å². The van der Waals surface area contributed by atoms with Crippen molar-refractivity contribution in [1.29, 1.82) is 0 Å². The van der Waals surface area contributed by atoms with Gasteiger partial charge in [-0.15, -0.1) is 0 Å². The van der Waals surface area contributed by atoms with E-state index in [-0.39, 0.29) is 51.3 Å². The highest BCUT2D eigenvalue weighted by molar-refractivity contribution is 7.93. The Morgan fingerprint density at radius 2 is 1.60 bits per heavy atom. The van der Waals surface area contributed by atoms with Crippen molar-refractivity contribution >= 4 is 47.2 Å². The van der Waals surface area contributed by atoms with E-state index >= 15 is 0 Å². The molecule has 2 heterocycles. The molecule has 1 saturated heterocycles. The number of rotatable bonds is 6. The molecule has 1 atom stereocenters. The monoisotopic (exact) mass is 633 g/mol. The first-order chi connectivity index (χ1) is 19.7. The smallest absolute Gasteiger partial charge is 0.264 e. The van der Waals surface area contributed by atoms with Gasteiger partial charge in [-0.3, -0.25) is 9.10 Å². The SMILES string of the molecule is NS(=O)(=O)c1cccc(NC(=O)c2ccc3c(c2)C2(CCS(=O)(=O)CC2)C(C2CC2)N3S(=O)(=O)c2ccc(F)cc2)c1. The number of sulfonamides is 2. The number of nitrogens with one attached hydrogen (secondary N) is 1. The van der Waals surface area contributed by atoms with Crippen LogP contribution in [0.2, 0.25) is 0 Å². The number of amides is 1. The molecule has 2 aliphatic heterocycles. The second kappa shape index (κ2) is 9.86. The maximum atomic E-state index is 14.1. The van der Waals surface area contributed by atoms with Gasteiger partial charge in [0.25, 0.3) is 15.9 Å². The number of carbonyl (C=O) groups excluding carboxylic acids is 1. The number of halogens is 1. The molecule has 3 N–H and O–H groups in total. The largest absolute Gasteiger partial charge is 0.322 e. The third kappa shape index (κ3) is 4.99. The van der Waals surface area contributed by atoms with E-state index < -0.39 is 53.1 Å². The summed E-state index contributed by atoms with van der Waals surface area (Å²) in [5.74, 6) is -1.38. The van der Waals surface area contributed by atoms with Crippen LogP contribution >= 0.6 is 0 Å². The molecule has 2 fully saturated rings. The molecule has 6 rings (SSSR count). The lowest BCUT2D eigenvalue weighted by atomic mass is 9.70. The summed E-state index contributed by atoms with van der Waals surface area (Å²) in [6.07, 6.45) is 1.94. The minimum Gasteiger partial charge on any atom is -0.322 e. The Labute approximate surface area is 243 Å². The Morgan fingerprint density at radius 1 is 0.929 bits per heavy atom. The van der Waals surface area contributed by atoms with Crippen molar-refractivity contribution in [3.8, 4) is 0 Å². The van der Waals surface area contributed by atoms with Crippen molar-refractivity contribution in [2.24, 2.45) is 11.1 Å². The van der Waals surface area contributed by atoms with Gasteiger partial charge in [-0.25, -0.2) is 34.8 Å². The normalized spacial score (nSPS) is 21.2. The van der Waals surface area contributed by atoms with Gasteiger partial charge in [0.1, 0.15) is 15.7 Å². The van der Waals surface area contributed by atoms with Gasteiger partial charge in [0.15, 0.2) is 0 Å². The second-order valence-electron chi connectivity index (χ2n) is 11.1. The fourth-order valence-corrected chi connectivity index (χ4v) is 10.2. The lowest BCUT2D eigenvalue weighted by molar-refractivity contribution is 0.102. The quantitative estimate of drug-likeness (QED) is 0.422. The van der Waals surface area contributed by atoms with Gasteiger partial charge in [-0.05, 0) is 97.8 Å². The third-order valence-electron chi connectivity index (χ3n) is 8.43. The van der Waals surface area contributed by atoms with Crippen LogP contribution in [0.15, 0.2) is 76.5 Å². The number of benzene rings is 3. The first-order valence-corrected chi connectivity index (χ1v) is 18.1. The summed E-state index contributed by atoms with van der Waals surface area (Å²) in [7, 11) is -11.5. The van der Waals surface area contributed by atoms with Crippen LogP contribution in [0, 0.1) is 11.7 Å². The average molecular weight is 634 g/mol. The molecule has 0 aromatic heterocycles. The zero-order valence-electron chi connectivity index (χ0n) is 22.2. The lowest BCUT2D eigenvalue weighted by Crippen LogP contribution is -2.52. The topological polar surface area (TPSA) is 161 Å². The third-order valence-corrected chi connectivity index (χ3v) is 12.8. The van der Waals surface area contributed by atoms with Gasteiger partial charge in [-0.2, -0.15) is 0 Å². The molecule has 42 heavy (non-hydrogen) atoms. The van der Waals surface area contributed by atoms with Gasteiger partial charge in [0.05, 0.1) is 33.0 Å². The second-order valence-corrected chi connectivity index (χ2v) is 16.8. The maximum absolute atomic E-state index is 14.1. The minimum absolute atomic E-state index is 0.00773. The van der Waals surface area contributed by atoms with Crippen molar-refractivity contribution in [1.82, 2.24) is 0 Å². The lowest BCUT2D eigenvalue weighted by Gasteiger charge is -2.41. The number of anilines is 2. The van der Waals surface area contributed by atoms with Crippen LogP contribution in [0.4, 0.5) is 15.8 Å². The van der Waals surface area contributed by atoms with E-state index in [0.717, 1.165) is 25.0 Å². The van der Waals surface area contributed by atoms with Crippen molar-refractivity contribution in [2.45, 2.75) is 46.9 Å². The molecular formula is C28H28FN3O7S3. The number of nitrogens with zero attached hydrogens (tertiary/aromatic N) is 1. The standard InChI is InChI=1S/C28H28FN3O7S3/c29-20-7-9-22(10-8-20)42(38,39)32-25-11-6-19(27(33)31-21-2-1-3-23(17-21)41(30,36)37)16-24(25)28(26(32)18-4-5-18)12-14-40(34,35)15-13-28/h1-3,6-11,16-18,26H,4-5,12-15H2,(H,31,33)(H2,30,36,37). The predicted octanol–water partition coefficient (Wildman–Crippen LogP) is 3.16. The summed E-state index contributed by atoms with van der Waals surface area (Å²) in [6, 6.07) is 14.1. The summed E-state index contributed by atoms with van der Waals surface area (Å²) < 4.78 is 91.8. The van der Waals surface area contributed by atoms with Gasteiger partial charge < -0.3 is 5.32 Å². The molecule has 1 saturated carbocycles. The Bertz CT molecular complexity index is 1910. The predicted molar refractivity (Wildman–Crippen MR) is 154 cm³/mol. The molecule has 1 spiro atoms. The van der Waals surface area contributed by atoms with E-state index in [1.165, 1.54) is 46.8 Å². The van der Waals surface area contributed by atoms with Gasteiger partial charge in [0, 0.05) is 16.7 Å². The average Bonchev–Trinajstić information content (AvgIpc) is 3.73. The molecule has 10 nitrogen and oxygen atoms in total. The van der Waals surface area contributed by atoms with Crippen molar-refractivity contribution < 1.29 is 34.4 Å². The fourth-order valence-electron chi connectivity index (χ4n) is 6.28. The summed E-state index contributed by atoms with van der Waals surface area (Å²) in [4.78, 5) is 13.1. The van der Waals surface area contributed by atoms with Crippen LogP contribution in [0.5, 0.6) is 0 Å². The Morgan fingerprint density at radius 3 is 2.21 bits per heavy atom. The maximum Gasteiger partial charge on any atom is 0.264 e. The van der Waals surface area contributed by atoms with E-state index in [0.29, 0.717) is 11.3 Å². The molecule has 0 bridgehead atoms. The molecule has 1 unspecified atom stereocenters. The van der Waals surface area contributed by atoms with Crippen molar-refractivity contribution in [3.63, 3.8) is 0 Å². The van der Waals surface area contributed by atoms with Crippen LogP contribution < -0.4 is 14.8 Å². The highest BCUT2D eigenvalue weighted by Crippen LogP contribution is 2.59. The summed E-state index contributed by atoms with van der Waals surface area (Å²) in [6.45, 7) is 0. The molecule has 1 aliphatic carbocycles. The Kier molecular flexibility index (Phi) is 6.76. The van der Waals surface area contributed by atoms with E-state index in [1.54, 1.807) is 12.1 Å². The highest BCUT2D eigenvalue weighted by Gasteiger charge is 2.60. The zero-order valence-corrected chi connectivity index (χ0v) is 24.7. The first-order valence-electron chi connectivity index (χ1n) is 13.3. The number of primary sulfonamides is 1. The Hall–Kier alpha value is -3.33. The molecule has 3 aromatic carbocycles. The number of sulfone groups is 1. The first kappa shape index (κ1) is 28.8. The van der Waals surface area contributed by atoms with Crippen molar-refractivity contribution in [2.75, 3.05) is 21.1 Å². The molecule has 3 aromatic rings. The van der Waals surface area contributed by atoms with E-state index in [1.807, 2.05) is 0 Å². The van der Waals surface area contributed by atoms with E-state index in [4.69, 9.17) is 5.14 Å². The number of hydrogen-bond acceptors (Lipinski definition) is 7. The number of nitrogens with two attached hydrogens (primary N) is 1. The number of fused-ring (bicyclic) bond motifs is 2. The molecular weight excluding hydrogens is 606 g/mol. The van der Waals surface area contributed by atoms with Crippen LogP contribution in [-0.4, -0.2) is 48.7 Å². The van der Waals surface area contributed by atoms with E-state index in [2.05, 4.69) is 5.32 Å². The molecule has 222 valence electrons. The van der Waals surface area contributed by atoms with Crippen molar-refractivity contribution in [3.05, 3.63) is 83.7 Å². The summed E-state index contributed by atoms with van der Waals surface area (Å²) in [5.41, 5.74) is 0.480. The van der Waals surface area contributed by atoms with Crippen LogP contribution in [-0.2, 0) is 35.3 Å². The zero-order chi connectivity index (χ0) is 30.1. The fraction of sp³-hybridized carbons (Fsp3) is 0.321. The summed E-state index contributed by atoms with van der Waals surface area (Å²) >= 11 is 0. The number of carbonyl (C=O) groups is 1. The molecule has 0 radical (unpaired) electrons.